The number of benzene rings is 1. The number of aliphatic hydroxyl groups excluding tert-OH is 1. The third-order valence-electron chi connectivity index (χ3n) is 2.87. The first-order chi connectivity index (χ1) is 8.49. The van der Waals surface area contributed by atoms with E-state index in [0.29, 0.717) is 22.6 Å². The van der Waals surface area contributed by atoms with Crippen molar-refractivity contribution >= 4 is 21.6 Å². The lowest BCUT2D eigenvalue weighted by atomic mass is 10.1. The topological polar surface area (TPSA) is 72.6 Å². The Hall–Kier alpha value is -1.14. The Bertz CT molecular complexity index is 471. The highest BCUT2D eigenvalue weighted by molar-refractivity contribution is 9.10. The highest BCUT2D eigenvalue weighted by atomic mass is 79.9. The number of nitrogens with zero attached hydrogens (tertiary/aromatic N) is 1. The summed E-state index contributed by atoms with van der Waals surface area (Å²) in [5.41, 5.74) is 0.331. The van der Waals surface area contributed by atoms with Crippen LogP contribution in [-0.2, 0) is 0 Å². The molecule has 0 unspecified atom stereocenters. The van der Waals surface area contributed by atoms with Gasteiger partial charge in [0.1, 0.15) is 0 Å². The molecule has 1 aromatic carbocycles. The fourth-order valence-electron chi connectivity index (χ4n) is 1.69. The molecule has 0 saturated heterocycles. The molecule has 0 amide bonds. The molecule has 18 heavy (non-hydrogen) atoms. The molecule has 0 bridgehead atoms. The van der Waals surface area contributed by atoms with Crippen molar-refractivity contribution in [1.82, 2.24) is 0 Å². The summed E-state index contributed by atoms with van der Waals surface area (Å²) in [5.74, 6) is 0.681. The monoisotopic (exact) mass is 315 g/mol. The van der Waals surface area contributed by atoms with Crippen molar-refractivity contribution in [2.75, 3.05) is 6.61 Å². The SMILES string of the molecule is C[C@H](O)c1cc(Br)cc([N+](=O)[O-])c1OCC1CC1. The van der Waals surface area contributed by atoms with Gasteiger partial charge in [0.15, 0.2) is 0 Å². The molecule has 1 saturated carbocycles. The Morgan fingerprint density at radius 2 is 2.28 bits per heavy atom. The second-order valence-electron chi connectivity index (χ2n) is 4.53. The van der Waals surface area contributed by atoms with Gasteiger partial charge in [-0.15, -0.1) is 0 Å². The summed E-state index contributed by atoms with van der Waals surface area (Å²) in [6.45, 7) is 2.04. The molecular weight excluding hydrogens is 302 g/mol. The van der Waals surface area contributed by atoms with E-state index in [1.807, 2.05) is 0 Å². The number of hydrogen-bond donors (Lipinski definition) is 1. The molecule has 1 aliphatic rings. The van der Waals surface area contributed by atoms with Crippen molar-refractivity contribution in [3.05, 3.63) is 32.3 Å². The average Bonchev–Trinajstić information content (AvgIpc) is 3.09. The number of hydrogen-bond acceptors (Lipinski definition) is 4. The molecule has 1 fully saturated rings. The third kappa shape index (κ3) is 3.00. The Labute approximate surface area is 113 Å². The summed E-state index contributed by atoms with van der Waals surface area (Å²) in [7, 11) is 0. The van der Waals surface area contributed by atoms with E-state index in [1.165, 1.54) is 6.07 Å². The van der Waals surface area contributed by atoms with E-state index < -0.39 is 11.0 Å². The lowest BCUT2D eigenvalue weighted by molar-refractivity contribution is -0.386. The van der Waals surface area contributed by atoms with Crippen molar-refractivity contribution in [3.63, 3.8) is 0 Å². The maximum Gasteiger partial charge on any atom is 0.312 e. The molecular formula is C12H14BrNO4. The smallest absolute Gasteiger partial charge is 0.312 e. The van der Waals surface area contributed by atoms with Crippen LogP contribution in [0.2, 0.25) is 0 Å². The van der Waals surface area contributed by atoms with Crippen molar-refractivity contribution < 1.29 is 14.8 Å². The zero-order valence-corrected chi connectivity index (χ0v) is 11.5. The van der Waals surface area contributed by atoms with Crippen LogP contribution in [0.5, 0.6) is 5.75 Å². The largest absolute Gasteiger partial charge is 0.486 e. The van der Waals surface area contributed by atoms with Crippen LogP contribution in [-0.4, -0.2) is 16.6 Å². The molecule has 0 spiro atoms. The van der Waals surface area contributed by atoms with E-state index in [1.54, 1.807) is 13.0 Å². The normalized spacial score (nSPS) is 16.4. The molecule has 0 aromatic heterocycles. The molecule has 1 aromatic rings. The molecule has 5 nitrogen and oxygen atoms in total. The van der Waals surface area contributed by atoms with Gasteiger partial charge in [0.2, 0.25) is 5.75 Å². The summed E-state index contributed by atoms with van der Waals surface area (Å²) < 4.78 is 6.11. The number of ether oxygens (including phenoxy) is 1. The predicted molar refractivity (Wildman–Crippen MR) is 69.6 cm³/mol. The fraction of sp³-hybridized carbons (Fsp3) is 0.500. The predicted octanol–water partition coefficient (Wildman–Crippen LogP) is 3.20. The molecule has 98 valence electrons. The van der Waals surface area contributed by atoms with Gasteiger partial charge in [-0.2, -0.15) is 0 Å². The fourth-order valence-corrected chi connectivity index (χ4v) is 2.15. The summed E-state index contributed by atoms with van der Waals surface area (Å²) in [5, 5.41) is 20.7. The Balaban J connectivity index is 2.38. The van der Waals surface area contributed by atoms with E-state index in [4.69, 9.17) is 4.74 Å². The van der Waals surface area contributed by atoms with Gasteiger partial charge in [-0.25, -0.2) is 0 Å². The second-order valence-corrected chi connectivity index (χ2v) is 5.45. The highest BCUT2D eigenvalue weighted by Crippen LogP contribution is 2.39. The molecule has 0 heterocycles. The summed E-state index contributed by atoms with van der Waals surface area (Å²) in [6, 6.07) is 3.05. The van der Waals surface area contributed by atoms with Gasteiger partial charge in [-0.3, -0.25) is 10.1 Å². The lowest BCUT2D eigenvalue weighted by Gasteiger charge is -2.14. The van der Waals surface area contributed by atoms with Crippen LogP contribution in [0.1, 0.15) is 31.4 Å². The van der Waals surface area contributed by atoms with E-state index in [2.05, 4.69) is 15.9 Å². The van der Waals surface area contributed by atoms with Crippen molar-refractivity contribution in [1.29, 1.82) is 0 Å². The van der Waals surface area contributed by atoms with Gasteiger partial charge >= 0.3 is 5.69 Å². The lowest BCUT2D eigenvalue weighted by Crippen LogP contribution is -2.06. The summed E-state index contributed by atoms with van der Waals surface area (Å²) >= 11 is 3.21. The van der Waals surface area contributed by atoms with Crippen LogP contribution in [0.25, 0.3) is 0 Å². The van der Waals surface area contributed by atoms with E-state index in [-0.39, 0.29) is 11.4 Å². The van der Waals surface area contributed by atoms with Gasteiger partial charge in [0.25, 0.3) is 0 Å². The standard InChI is InChI=1S/C12H14BrNO4/c1-7(15)10-4-9(13)5-11(14(16)17)12(10)18-6-8-2-3-8/h4-5,7-8,15H,2-3,6H2,1H3/t7-/m0/s1. The third-order valence-corrected chi connectivity index (χ3v) is 3.33. The average molecular weight is 316 g/mol. The molecule has 1 atom stereocenters. The maximum absolute atomic E-state index is 11.0. The Kier molecular flexibility index (Phi) is 3.87. The Morgan fingerprint density at radius 3 is 2.78 bits per heavy atom. The second kappa shape index (κ2) is 5.24. The van der Waals surface area contributed by atoms with Crippen LogP contribution >= 0.6 is 15.9 Å². The molecule has 1 N–H and O–H groups in total. The Morgan fingerprint density at radius 1 is 1.61 bits per heavy atom. The number of nitro groups is 1. The van der Waals surface area contributed by atoms with E-state index in [0.717, 1.165) is 12.8 Å². The van der Waals surface area contributed by atoms with Crippen LogP contribution in [0.4, 0.5) is 5.69 Å². The van der Waals surface area contributed by atoms with Crippen molar-refractivity contribution in [3.8, 4) is 5.75 Å². The maximum atomic E-state index is 11.0. The highest BCUT2D eigenvalue weighted by Gasteiger charge is 2.27. The molecule has 0 radical (unpaired) electrons. The van der Waals surface area contributed by atoms with E-state index >= 15 is 0 Å². The van der Waals surface area contributed by atoms with E-state index in [9.17, 15) is 15.2 Å². The van der Waals surface area contributed by atoms with Gasteiger partial charge in [0, 0.05) is 16.1 Å². The van der Waals surface area contributed by atoms with Crippen molar-refractivity contribution in [2.45, 2.75) is 25.9 Å². The quantitative estimate of drug-likeness (QED) is 0.669. The number of aliphatic hydroxyl groups is 1. The van der Waals surface area contributed by atoms with Crippen LogP contribution in [0, 0.1) is 16.0 Å². The molecule has 2 rings (SSSR count). The zero-order chi connectivity index (χ0) is 13.3. The first-order valence-electron chi connectivity index (χ1n) is 5.77. The summed E-state index contributed by atoms with van der Waals surface area (Å²) in [4.78, 5) is 10.5. The number of rotatable bonds is 5. The number of nitro benzene ring substituents is 1. The minimum Gasteiger partial charge on any atom is -0.486 e. The van der Waals surface area contributed by atoms with Gasteiger partial charge in [0.05, 0.1) is 17.6 Å². The first kappa shape index (κ1) is 13.3. The molecule has 6 heteroatoms. The van der Waals surface area contributed by atoms with Gasteiger partial charge in [-0.05, 0) is 31.7 Å². The zero-order valence-electron chi connectivity index (χ0n) is 9.93. The van der Waals surface area contributed by atoms with Crippen LogP contribution in [0.3, 0.4) is 0 Å². The minimum absolute atomic E-state index is 0.110. The van der Waals surface area contributed by atoms with Crippen LogP contribution < -0.4 is 4.74 Å². The minimum atomic E-state index is -0.810. The van der Waals surface area contributed by atoms with Crippen molar-refractivity contribution in [2.24, 2.45) is 5.92 Å². The summed E-state index contributed by atoms with van der Waals surface area (Å²) in [6.07, 6.45) is 1.40. The number of halogens is 1. The van der Waals surface area contributed by atoms with Gasteiger partial charge in [-0.1, -0.05) is 15.9 Å². The van der Waals surface area contributed by atoms with Crippen LogP contribution in [0.15, 0.2) is 16.6 Å². The first-order valence-corrected chi connectivity index (χ1v) is 6.57. The molecule has 1 aliphatic carbocycles. The molecule has 0 aliphatic heterocycles. The van der Waals surface area contributed by atoms with Gasteiger partial charge < -0.3 is 9.84 Å².